The highest BCUT2D eigenvalue weighted by molar-refractivity contribution is 9.10. The molecule has 1 aromatic carbocycles. The Labute approximate surface area is 119 Å². The van der Waals surface area contributed by atoms with Gasteiger partial charge < -0.3 is 14.7 Å². The second-order valence-corrected chi connectivity index (χ2v) is 5.24. The van der Waals surface area contributed by atoms with Crippen LogP contribution in [0.2, 0.25) is 0 Å². The van der Waals surface area contributed by atoms with Crippen molar-refractivity contribution in [1.82, 2.24) is 4.90 Å². The molecular weight excluding hydrogens is 314 g/mol. The fraction of sp³-hybridized carbons (Fsp3) is 0.385. The number of hydrogen-bond acceptors (Lipinski definition) is 3. The average Bonchev–Trinajstić information content (AvgIpc) is 2.38. The Morgan fingerprint density at radius 3 is 2.95 bits per heavy atom. The van der Waals surface area contributed by atoms with E-state index in [2.05, 4.69) is 15.9 Å². The van der Waals surface area contributed by atoms with Crippen molar-refractivity contribution in [2.24, 2.45) is 0 Å². The zero-order valence-corrected chi connectivity index (χ0v) is 11.8. The molecule has 6 heteroatoms. The van der Waals surface area contributed by atoms with Crippen molar-refractivity contribution in [2.45, 2.75) is 12.5 Å². The minimum absolute atomic E-state index is 0.0551. The molecule has 0 unspecified atom stereocenters. The molecule has 1 heterocycles. The van der Waals surface area contributed by atoms with Gasteiger partial charge in [0.1, 0.15) is 0 Å². The van der Waals surface area contributed by atoms with Gasteiger partial charge in [0.05, 0.1) is 19.6 Å². The first kappa shape index (κ1) is 14.0. The van der Waals surface area contributed by atoms with Gasteiger partial charge in [-0.2, -0.15) is 0 Å². The minimum Gasteiger partial charge on any atom is -0.480 e. The molecule has 1 N–H and O–H groups in total. The Morgan fingerprint density at radius 1 is 1.47 bits per heavy atom. The first-order valence-electron chi connectivity index (χ1n) is 5.92. The number of rotatable bonds is 3. The summed E-state index contributed by atoms with van der Waals surface area (Å²) >= 11 is 3.34. The van der Waals surface area contributed by atoms with Gasteiger partial charge in [0.25, 0.3) is 0 Å². The number of halogens is 1. The number of morpholine rings is 1. The molecule has 0 aliphatic carbocycles. The molecule has 1 amide bonds. The summed E-state index contributed by atoms with van der Waals surface area (Å²) < 4.78 is 6.01. The van der Waals surface area contributed by atoms with Crippen LogP contribution in [0.4, 0.5) is 0 Å². The van der Waals surface area contributed by atoms with Gasteiger partial charge in [-0.1, -0.05) is 28.1 Å². The third kappa shape index (κ3) is 3.54. The first-order chi connectivity index (χ1) is 9.08. The van der Waals surface area contributed by atoms with Gasteiger partial charge in [-0.05, 0) is 17.7 Å². The van der Waals surface area contributed by atoms with Crippen molar-refractivity contribution in [3.63, 3.8) is 0 Å². The number of hydrogen-bond donors (Lipinski definition) is 1. The molecule has 0 spiro atoms. The summed E-state index contributed by atoms with van der Waals surface area (Å²) in [6.45, 7) is 0.761. The Bertz CT molecular complexity index is 491. The highest BCUT2D eigenvalue weighted by atomic mass is 79.9. The molecule has 0 saturated carbocycles. The lowest BCUT2D eigenvalue weighted by molar-refractivity contribution is -0.158. The van der Waals surface area contributed by atoms with E-state index in [1.165, 1.54) is 4.90 Å². The molecule has 0 radical (unpaired) electrons. The van der Waals surface area contributed by atoms with Crippen molar-refractivity contribution in [1.29, 1.82) is 0 Å². The summed E-state index contributed by atoms with van der Waals surface area (Å²) in [6.07, 6.45) is 0.198. The first-order valence-corrected chi connectivity index (χ1v) is 6.71. The van der Waals surface area contributed by atoms with Crippen LogP contribution in [0.25, 0.3) is 0 Å². The van der Waals surface area contributed by atoms with E-state index in [0.29, 0.717) is 13.2 Å². The number of carbonyl (C=O) groups excluding carboxylic acids is 1. The number of nitrogens with zero attached hydrogens (tertiary/aromatic N) is 1. The van der Waals surface area contributed by atoms with Crippen LogP contribution in [0.3, 0.4) is 0 Å². The van der Waals surface area contributed by atoms with Crippen LogP contribution < -0.4 is 0 Å². The second-order valence-electron chi connectivity index (χ2n) is 4.32. The number of carboxylic acids is 1. The van der Waals surface area contributed by atoms with Crippen LogP contribution >= 0.6 is 15.9 Å². The quantitative estimate of drug-likeness (QED) is 0.908. The number of ether oxygens (including phenoxy) is 1. The maximum Gasteiger partial charge on any atom is 0.328 e. The van der Waals surface area contributed by atoms with E-state index in [0.717, 1.165) is 10.0 Å². The second kappa shape index (κ2) is 6.16. The van der Waals surface area contributed by atoms with E-state index < -0.39 is 12.0 Å². The summed E-state index contributed by atoms with van der Waals surface area (Å²) in [7, 11) is 0. The molecule has 0 bridgehead atoms. The largest absolute Gasteiger partial charge is 0.480 e. The lowest BCUT2D eigenvalue weighted by Crippen LogP contribution is -2.53. The van der Waals surface area contributed by atoms with Gasteiger partial charge in [-0.15, -0.1) is 0 Å². The average molecular weight is 328 g/mol. The Hall–Kier alpha value is -1.40. The lowest BCUT2D eigenvalue weighted by atomic mass is 10.1. The molecule has 102 valence electrons. The van der Waals surface area contributed by atoms with E-state index >= 15 is 0 Å². The van der Waals surface area contributed by atoms with E-state index in [-0.39, 0.29) is 18.9 Å². The number of carboxylic acid groups (broad SMARTS) is 1. The normalized spacial score (nSPS) is 19.2. The van der Waals surface area contributed by atoms with E-state index in [1.54, 1.807) is 0 Å². The fourth-order valence-electron chi connectivity index (χ4n) is 2.03. The molecule has 19 heavy (non-hydrogen) atoms. The number of carbonyl (C=O) groups is 2. The van der Waals surface area contributed by atoms with Crippen LogP contribution in [0.5, 0.6) is 0 Å². The van der Waals surface area contributed by atoms with Gasteiger partial charge in [0.2, 0.25) is 5.91 Å². The summed E-state index contributed by atoms with van der Waals surface area (Å²) in [5.41, 5.74) is 0.856. The summed E-state index contributed by atoms with van der Waals surface area (Å²) in [5.74, 6) is -1.21. The topological polar surface area (TPSA) is 66.8 Å². The number of aliphatic carboxylic acids is 1. The number of amides is 1. The summed E-state index contributed by atoms with van der Waals surface area (Å²) in [5, 5.41) is 9.09. The maximum atomic E-state index is 12.2. The van der Waals surface area contributed by atoms with Crippen molar-refractivity contribution in [2.75, 3.05) is 19.8 Å². The highest BCUT2D eigenvalue weighted by Gasteiger charge is 2.32. The Balaban J connectivity index is 2.07. The monoisotopic (exact) mass is 327 g/mol. The van der Waals surface area contributed by atoms with E-state index in [9.17, 15) is 9.59 Å². The van der Waals surface area contributed by atoms with Crippen molar-refractivity contribution < 1.29 is 19.4 Å². The van der Waals surface area contributed by atoms with Crippen molar-refractivity contribution in [3.05, 3.63) is 34.3 Å². The Morgan fingerprint density at radius 2 is 2.26 bits per heavy atom. The predicted molar refractivity (Wildman–Crippen MR) is 71.8 cm³/mol. The molecule has 2 rings (SSSR count). The fourth-order valence-corrected chi connectivity index (χ4v) is 2.48. The van der Waals surface area contributed by atoms with E-state index in [1.807, 2.05) is 24.3 Å². The predicted octanol–water partition coefficient (Wildman–Crippen LogP) is 1.30. The Kier molecular flexibility index (Phi) is 4.55. The molecule has 1 saturated heterocycles. The van der Waals surface area contributed by atoms with E-state index in [4.69, 9.17) is 9.84 Å². The zero-order valence-electron chi connectivity index (χ0n) is 10.2. The van der Waals surface area contributed by atoms with Crippen LogP contribution in [0.1, 0.15) is 5.56 Å². The summed E-state index contributed by atoms with van der Waals surface area (Å²) in [6, 6.07) is 6.55. The summed E-state index contributed by atoms with van der Waals surface area (Å²) in [4.78, 5) is 24.7. The molecular formula is C13H14BrNO4. The van der Waals surface area contributed by atoms with Crippen LogP contribution in [0.15, 0.2) is 28.7 Å². The zero-order chi connectivity index (χ0) is 13.8. The lowest BCUT2D eigenvalue weighted by Gasteiger charge is -2.32. The van der Waals surface area contributed by atoms with Crippen molar-refractivity contribution in [3.8, 4) is 0 Å². The van der Waals surface area contributed by atoms with Gasteiger partial charge in [-0.25, -0.2) is 4.79 Å². The molecule has 1 aliphatic rings. The maximum absolute atomic E-state index is 12.2. The van der Waals surface area contributed by atoms with Gasteiger partial charge >= 0.3 is 5.97 Å². The SMILES string of the molecule is O=C(O)[C@H]1COCCN1C(=O)Cc1cccc(Br)c1. The molecule has 1 aliphatic heterocycles. The van der Waals surface area contributed by atoms with Crippen LogP contribution in [-0.4, -0.2) is 47.7 Å². The van der Waals surface area contributed by atoms with Gasteiger partial charge in [-0.3, -0.25) is 4.79 Å². The molecule has 0 aromatic heterocycles. The molecule has 5 nitrogen and oxygen atoms in total. The van der Waals surface area contributed by atoms with Crippen LogP contribution in [-0.2, 0) is 20.7 Å². The van der Waals surface area contributed by atoms with Gasteiger partial charge in [0.15, 0.2) is 6.04 Å². The van der Waals surface area contributed by atoms with Crippen LogP contribution in [0, 0.1) is 0 Å². The van der Waals surface area contributed by atoms with Crippen molar-refractivity contribution >= 4 is 27.8 Å². The minimum atomic E-state index is -1.03. The highest BCUT2D eigenvalue weighted by Crippen LogP contribution is 2.15. The third-order valence-electron chi connectivity index (χ3n) is 2.98. The van der Waals surface area contributed by atoms with Gasteiger partial charge in [0, 0.05) is 11.0 Å². The smallest absolute Gasteiger partial charge is 0.328 e. The third-order valence-corrected chi connectivity index (χ3v) is 3.47. The molecule has 1 fully saturated rings. The number of benzene rings is 1. The standard InChI is InChI=1S/C13H14BrNO4/c14-10-3-1-2-9(6-10)7-12(16)15-4-5-19-8-11(15)13(17)18/h1-3,6,11H,4-5,7-8H2,(H,17,18)/t11-/m1/s1. The molecule has 1 atom stereocenters. The molecule has 1 aromatic rings.